The molecule has 1 aliphatic heterocycles. The summed E-state index contributed by atoms with van der Waals surface area (Å²) in [5.74, 6) is 0.00181. The molecule has 2 aromatic carbocycles. The normalized spacial score (nSPS) is 21.1. The van der Waals surface area contributed by atoms with Gasteiger partial charge in [0.2, 0.25) is 0 Å². The largest absolute Gasteiger partial charge is 0.497 e. The summed E-state index contributed by atoms with van der Waals surface area (Å²) in [5.41, 5.74) is -0.434. The molecule has 3 rings (SSSR count). The molecule has 0 aliphatic carbocycles. The third-order valence-electron chi connectivity index (χ3n) is 4.58. The third-order valence-corrected chi connectivity index (χ3v) is 4.58. The summed E-state index contributed by atoms with van der Waals surface area (Å²) >= 11 is 0. The summed E-state index contributed by atoms with van der Waals surface area (Å²) in [6.45, 7) is 3.45. The number of nitriles is 1. The summed E-state index contributed by atoms with van der Waals surface area (Å²) in [5, 5.41) is 13.6. The van der Waals surface area contributed by atoms with Gasteiger partial charge in [-0.3, -0.25) is 9.69 Å². The molecular weight excluding hydrogens is 318 g/mol. The zero-order valence-corrected chi connectivity index (χ0v) is 14.4. The topological polar surface area (TPSA) is 82.4 Å². The average molecular weight is 337 g/mol. The molecule has 0 saturated carbocycles. The van der Waals surface area contributed by atoms with E-state index in [2.05, 4.69) is 5.32 Å². The number of imide groups is 1. The number of urea groups is 1. The fourth-order valence-corrected chi connectivity index (χ4v) is 3.03. The van der Waals surface area contributed by atoms with Crippen molar-refractivity contribution in [3.8, 4) is 11.8 Å². The first-order valence-corrected chi connectivity index (χ1v) is 8.01. The molecule has 3 amide bonds. The third kappa shape index (κ3) is 2.78. The number of methoxy groups -OCH3 is 1. The van der Waals surface area contributed by atoms with Gasteiger partial charge < -0.3 is 10.1 Å². The van der Waals surface area contributed by atoms with Gasteiger partial charge in [0.05, 0.1) is 19.1 Å². The first kappa shape index (κ1) is 16.8. The van der Waals surface area contributed by atoms with E-state index >= 15 is 0 Å². The second-order valence-corrected chi connectivity index (χ2v) is 6.43. The van der Waals surface area contributed by atoms with Gasteiger partial charge in [-0.2, -0.15) is 5.26 Å². The van der Waals surface area contributed by atoms with Gasteiger partial charge in [0.15, 0.2) is 0 Å². The number of hydrogen-bond acceptors (Lipinski definition) is 4. The van der Waals surface area contributed by atoms with Crippen molar-refractivity contribution >= 4 is 22.7 Å². The summed E-state index contributed by atoms with van der Waals surface area (Å²) in [4.78, 5) is 26.2. The first-order valence-electron chi connectivity index (χ1n) is 8.01. The Morgan fingerprint density at radius 3 is 2.60 bits per heavy atom. The standard InChI is InChI=1S/C19H19N3O3/c1-12(10-20)11-22-17(23)19(2,21-18(22)24)15-6-4-14-9-16(25-3)7-5-13(14)8-15/h4-9,12H,11H2,1-3H3,(H,21,24)/t12-,19-/m0/s1. The molecule has 0 aromatic heterocycles. The Hall–Kier alpha value is -3.07. The predicted molar refractivity (Wildman–Crippen MR) is 92.9 cm³/mol. The highest BCUT2D eigenvalue weighted by atomic mass is 16.5. The summed E-state index contributed by atoms with van der Waals surface area (Å²) in [6.07, 6.45) is 0. The smallest absolute Gasteiger partial charge is 0.325 e. The molecule has 25 heavy (non-hydrogen) atoms. The highest BCUT2D eigenvalue weighted by Crippen LogP contribution is 2.32. The SMILES string of the molecule is COc1ccc2cc([C@]3(C)NC(=O)N(C[C@@H](C)C#N)C3=O)ccc2c1. The van der Waals surface area contributed by atoms with Gasteiger partial charge in [-0.15, -0.1) is 0 Å². The number of carbonyl (C=O) groups is 2. The van der Waals surface area contributed by atoms with E-state index in [4.69, 9.17) is 10.00 Å². The van der Waals surface area contributed by atoms with Gasteiger partial charge >= 0.3 is 6.03 Å². The Balaban J connectivity index is 1.97. The van der Waals surface area contributed by atoms with Crippen molar-refractivity contribution in [1.29, 1.82) is 5.26 Å². The van der Waals surface area contributed by atoms with Crippen LogP contribution in [-0.2, 0) is 10.3 Å². The second kappa shape index (κ2) is 6.10. The highest BCUT2D eigenvalue weighted by molar-refractivity contribution is 6.07. The van der Waals surface area contributed by atoms with Crippen LogP contribution in [0.15, 0.2) is 36.4 Å². The van der Waals surface area contributed by atoms with E-state index in [0.29, 0.717) is 5.56 Å². The summed E-state index contributed by atoms with van der Waals surface area (Å²) < 4.78 is 5.22. The zero-order valence-electron chi connectivity index (χ0n) is 14.4. The molecule has 2 aromatic rings. The highest BCUT2D eigenvalue weighted by Gasteiger charge is 2.49. The van der Waals surface area contributed by atoms with Gasteiger partial charge in [-0.25, -0.2) is 4.79 Å². The minimum atomic E-state index is -1.14. The van der Waals surface area contributed by atoms with E-state index < -0.39 is 17.5 Å². The van der Waals surface area contributed by atoms with Crippen molar-refractivity contribution in [2.45, 2.75) is 19.4 Å². The van der Waals surface area contributed by atoms with Crippen LogP contribution in [0.4, 0.5) is 4.79 Å². The number of nitrogens with zero attached hydrogens (tertiary/aromatic N) is 2. The van der Waals surface area contributed by atoms with Crippen LogP contribution < -0.4 is 10.1 Å². The molecule has 0 unspecified atom stereocenters. The molecule has 0 spiro atoms. The Kier molecular flexibility index (Phi) is 4.09. The van der Waals surface area contributed by atoms with E-state index in [0.717, 1.165) is 21.4 Å². The lowest BCUT2D eigenvalue weighted by molar-refractivity contribution is -0.131. The Morgan fingerprint density at radius 2 is 1.92 bits per heavy atom. The van der Waals surface area contributed by atoms with E-state index in [9.17, 15) is 9.59 Å². The van der Waals surface area contributed by atoms with Gasteiger partial charge in [-0.1, -0.05) is 18.2 Å². The van der Waals surface area contributed by atoms with Crippen LogP contribution in [0.1, 0.15) is 19.4 Å². The quantitative estimate of drug-likeness (QED) is 0.870. The van der Waals surface area contributed by atoms with Crippen LogP contribution in [0.25, 0.3) is 10.8 Å². The van der Waals surface area contributed by atoms with E-state index in [1.54, 1.807) is 21.0 Å². The van der Waals surface area contributed by atoms with Crippen LogP contribution in [0, 0.1) is 17.2 Å². The molecule has 1 aliphatic rings. The Morgan fingerprint density at radius 1 is 1.24 bits per heavy atom. The maximum atomic E-state index is 12.8. The number of nitrogens with one attached hydrogen (secondary N) is 1. The molecule has 2 atom stereocenters. The van der Waals surface area contributed by atoms with Gasteiger partial charge in [0, 0.05) is 6.54 Å². The number of carbonyl (C=O) groups excluding carboxylic acids is 2. The average Bonchev–Trinajstić information content (AvgIpc) is 2.84. The number of hydrogen-bond donors (Lipinski definition) is 1. The van der Waals surface area contributed by atoms with Crippen molar-refractivity contribution in [3.05, 3.63) is 42.0 Å². The van der Waals surface area contributed by atoms with E-state index in [-0.39, 0.29) is 12.5 Å². The molecule has 1 saturated heterocycles. The molecule has 0 radical (unpaired) electrons. The van der Waals surface area contributed by atoms with Crippen molar-refractivity contribution < 1.29 is 14.3 Å². The minimum absolute atomic E-state index is 0.0849. The van der Waals surface area contributed by atoms with E-state index in [1.807, 2.05) is 42.5 Å². The molecule has 1 heterocycles. The fourth-order valence-electron chi connectivity index (χ4n) is 3.03. The Labute approximate surface area is 146 Å². The molecule has 6 heteroatoms. The van der Waals surface area contributed by atoms with E-state index in [1.165, 1.54) is 0 Å². The molecular formula is C19H19N3O3. The molecule has 1 fully saturated rings. The zero-order chi connectivity index (χ0) is 18.2. The van der Waals surface area contributed by atoms with Crippen molar-refractivity contribution in [3.63, 3.8) is 0 Å². The van der Waals surface area contributed by atoms with Gasteiger partial charge in [-0.05, 0) is 48.4 Å². The number of ether oxygens (including phenoxy) is 1. The van der Waals surface area contributed by atoms with Crippen LogP contribution in [0.3, 0.4) is 0 Å². The lowest BCUT2D eigenvalue weighted by Gasteiger charge is -2.23. The van der Waals surface area contributed by atoms with Crippen LogP contribution in [-0.4, -0.2) is 30.5 Å². The summed E-state index contributed by atoms with van der Waals surface area (Å²) in [6, 6.07) is 12.9. The van der Waals surface area contributed by atoms with Crippen molar-refractivity contribution in [2.24, 2.45) is 5.92 Å². The minimum Gasteiger partial charge on any atom is -0.497 e. The molecule has 6 nitrogen and oxygen atoms in total. The fraction of sp³-hybridized carbons (Fsp3) is 0.316. The number of rotatable bonds is 4. The maximum Gasteiger partial charge on any atom is 0.325 e. The van der Waals surface area contributed by atoms with Crippen LogP contribution in [0.2, 0.25) is 0 Å². The predicted octanol–water partition coefficient (Wildman–Crippen LogP) is 2.78. The lowest BCUT2D eigenvalue weighted by Crippen LogP contribution is -2.41. The first-order chi connectivity index (χ1) is 11.9. The molecule has 128 valence electrons. The van der Waals surface area contributed by atoms with Crippen LogP contribution >= 0.6 is 0 Å². The second-order valence-electron chi connectivity index (χ2n) is 6.43. The molecule has 1 N–H and O–H groups in total. The number of fused-ring (bicyclic) bond motifs is 1. The maximum absolute atomic E-state index is 12.8. The van der Waals surface area contributed by atoms with Gasteiger partial charge in [0.25, 0.3) is 5.91 Å². The van der Waals surface area contributed by atoms with Gasteiger partial charge in [0.1, 0.15) is 11.3 Å². The monoisotopic (exact) mass is 337 g/mol. The lowest BCUT2D eigenvalue weighted by atomic mass is 9.90. The number of benzene rings is 2. The van der Waals surface area contributed by atoms with Crippen LogP contribution in [0.5, 0.6) is 5.75 Å². The summed E-state index contributed by atoms with van der Waals surface area (Å²) in [7, 11) is 1.61. The molecule has 0 bridgehead atoms. The van der Waals surface area contributed by atoms with Crippen molar-refractivity contribution in [2.75, 3.05) is 13.7 Å². The Bertz CT molecular complexity index is 902. The van der Waals surface area contributed by atoms with Crippen molar-refractivity contribution in [1.82, 2.24) is 10.2 Å². The number of amides is 3.